The van der Waals surface area contributed by atoms with Crippen molar-refractivity contribution >= 4 is 54.5 Å². The predicted octanol–water partition coefficient (Wildman–Crippen LogP) is 13.5. The number of hydrogen-bond acceptors (Lipinski definition) is 1. The maximum absolute atomic E-state index is 6.36. The summed E-state index contributed by atoms with van der Waals surface area (Å²) in [7, 11) is 0. The summed E-state index contributed by atoms with van der Waals surface area (Å²) in [6.07, 6.45) is 0. The van der Waals surface area contributed by atoms with Gasteiger partial charge >= 0.3 is 0 Å². The van der Waals surface area contributed by atoms with Crippen LogP contribution < -0.4 is 0 Å². The molecule has 0 saturated carbocycles. The fraction of sp³-hybridized carbons (Fsp3) is 0.0612. The zero-order valence-electron chi connectivity index (χ0n) is 28.3. The van der Waals surface area contributed by atoms with E-state index in [9.17, 15) is 0 Å². The van der Waals surface area contributed by atoms with Gasteiger partial charge in [0.15, 0.2) is 0 Å². The summed E-state index contributed by atoms with van der Waals surface area (Å²) in [6.45, 7) is 4.72. The lowest BCUT2D eigenvalue weighted by Gasteiger charge is -2.21. The van der Waals surface area contributed by atoms with Crippen LogP contribution in [0.1, 0.15) is 25.0 Å². The summed E-state index contributed by atoms with van der Waals surface area (Å²) in [5.74, 6) is 0. The third kappa shape index (κ3) is 3.47. The molecule has 12 rings (SSSR count). The van der Waals surface area contributed by atoms with Crippen molar-refractivity contribution in [1.82, 2.24) is 4.57 Å². The molecule has 0 saturated heterocycles. The quantitative estimate of drug-likeness (QED) is 0.182. The topological polar surface area (TPSA) is 18.1 Å². The molecule has 0 spiro atoms. The molecule has 8 aromatic carbocycles. The molecule has 0 atom stereocenters. The molecule has 10 aromatic rings. The molecule has 238 valence electrons. The fourth-order valence-electron chi connectivity index (χ4n) is 9.54. The van der Waals surface area contributed by atoms with E-state index in [1.807, 2.05) is 6.07 Å². The zero-order valence-corrected chi connectivity index (χ0v) is 28.3. The van der Waals surface area contributed by atoms with Crippen LogP contribution in [-0.4, -0.2) is 4.57 Å². The standard InChI is InChI=1S/C49H31NO/c1-49(2)42-26-45-40(24-38(42)39-25-41-34-13-6-8-17-46(34)51-47(41)27-43(39)49)33-12-5-7-16-44(33)50(45)29-20-18-28(19-21-29)30-22-23-37-32-11-4-3-10-31(32)36-15-9-14-35(30)48(36)37/h3-27H,1-2H3. The van der Waals surface area contributed by atoms with Crippen LogP contribution in [-0.2, 0) is 5.41 Å². The molecule has 0 amide bonds. The predicted molar refractivity (Wildman–Crippen MR) is 213 cm³/mol. The van der Waals surface area contributed by atoms with Gasteiger partial charge in [-0.3, -0.25) is 0 Å². The van der Waals surface area contributed by atoms with Crippen LogP contribution in [0, 0.1) is 0 Å². The van der Waals surface area contributed by atoms with Crippen LogP contribution in [0.5, 0.6) is 0 Å². The van der Waals surface area contributed by atoms with Crippen molar-refractivity contribution in [2.24, 2.45) is 0 Å². The lowest BCUT2D eigenvalue weighted by molar-refractivity contribution is 0.647. The second-order valence-electron chi connectivity index (χ2n) is 14.9. The first-order valence-electron chi connectivity index (χ1n) is 17.8. The molecule has 0 N–H and O–H groups in total. The second kappa shape index (κ2) is 9.44. The number of para-hydroxylation sites is 2. The van der Waals surface area contributed by atoms with Crippen LogP contribution in [0.3, 0.4) is 0 Å². The maximum Gasteiger partial charge on any atom is 0.135 e. The Morgan fingerprint density at radius 3 is 1.86 bits per heavy atom. The van der Waals surface area contributed by atoms with E-state index in [0.717, 1.165) is 11.2 Å². The van der Waals surface area contributed by atoms with Crippen LogP contribution >= 0.6 is 0 Å². The first-order valence-corrected chi connectivity index (χ1v) is 17.8. The molecule has 0 radical (unpaired) electrons. The second-order valence-corrected chi connectivity index (χ2v) is 14.9. The van der Waals surface area contributed by atoms with Gasteiger partial charge in [0.25, 0.3) is 0 Å². The van der Waals surface area contributed by atoms with E-state index in [2.05, 4.69) is 164 Å². The Hall–Kier alpha value is -6.38. The van der Waals surface area contributed by atoms with E-state index in [1.165, 1.54) is 105 Å². The number of furan rings is 1. The van der Waals surface area contributed by atoms with E-state index >= 15 is 0 Å². The summed E-state index contributed by atoms with van der Waals surface area (Å²) < 4.78 is 8.81. The van der Waals surface area contributed by atoms with E-state index < -0.39 is 0 Å². The monoisotopic (exact) mass is 649 g/mol. The summed E-state index contributed by atoms with van der Waals surface area (Å²) in [6, 6.07) is 56.1. The van der Waals surface area contributed by atoms with Gasteiger partial charge in [0.2, 0.25) is 0 Å². The average Bonchev–Trinajstić information content (AvgIpc) is 3.87. The highest BCUT2D eigenvalue weighted by Gasteiger charge is 2.37. The smallest absolute Gasteiger partial charge is 0.135 e. The molecule has 2 aromatic heterocycles. The Morgan fingerprint density at radius 1 is 0.412 bits per heavy atom. The van der Waals surface area contributed by atoms with E-state index in [1.54, 1.807) is 0 Å². The molecule has 2 aliphatic rings. The minimum absolute atomic E-state index is 0.174. The molecule has 2 heteroatoms. The lowest BCUT2D eigenvalue weighted by atomic mass is 9.82. The first-order chi connectivity index (χ1) is 25.0. The van der Waals surface area contributed by atoms with Crippen LogP contribution in [0.25, 0.3) is 105 Å². The third-order valence-corrected chi connectivity index (χ3v) is 12.0. The molecule has 0 bridgehead atoms. The molecule has 51 heavy (non-hydrogen) atoms. The van der Waals surface area contributed by atoms with Gasteiger partial charge in [-0.2, -0.15) is 0 Å². The summed E-state index contributed by atoms with van der Waals surface area (Å²) >= 11 is 0. The van der Waals surface area contributed by atoms with Crippen molar-refractivity contribution in [3.63, 3.8) is 0 Å². The first kappa shape index (κ1) is 27.4. The number of benzene rings is 8. The van der Waals surface area contributed by atoms with Gasteiger partial charge in [-0.25, -0.2) is 0 Å². The highest BCUT2D eigenvalue weighted by atomic mass is 16.3. The van der Waals surface area contributed by atoms with Crippen molar-refractivity contribution in [3.8, 4) is 50.2 Å². The average molecular weight is 650 g/mol. The number of rotatable bonds is 2. The molecule has 2 heterocycles. The molecule has 0 unspecified atom stereocenters. The Bertz CT molecular complexity index is 3120. The van der Waals surface area contributed by atoms with Gasteiger partial charge in [-0.15, -0.1) is 0 Å². The van der Waals surface area contributed by atoms with Gasteiger partial charge in [0, 0.05) is 32.6 Å². The van der Waals surface area contributed by atoms with Gasteiger partial charge in [0.1, 0.15) is 11.2 Å². The SMILES string of the molecule is CC1(C)c2cc3oc4ccccc4c3cc2-c2cc3c4ccccc4n(-c4ccc(-c5ccc6c7c(cccc57)-c5ccccc5-6)cc4)c3cc21. The Kier molecular flexibility index (Phi) is 5.08. The van der Waals surface area contributed by atoms with Gasteiger partial charge in [-0.05, 0) is 115 Å². The molecule has 2 aliphatic carbocycles. The summed E-state index contributed by atoms with van der Waals surface area (Å²) in [5, 5.41) is 7.57. The Balaban J connectivity index is 1.03. The normalized spacial score (nSPS) is 13.8. The summed E-state index contributed by atoms with van der Waals surface area (Å²) in [4.78, 5) is 0. The Labute approximate surface area is 294 Å². The van der Waals surface area contributed by atoms with Gasteiger partial charge < -0.3 is 8.98 Å². The van der Waals surface area contributed by atoms with Crippen LogP contribution in [0.4, 0.5) is 0 Å². The fourth-order valence-corrected chi connectivity index (χ4v) is 9.54. The van der Waals surface area contributed by atoms with Crippen molar-refractivity contribution < 1.29 is 4.42 Å². The van der Waals surface area contributed by atoms with Gasteiger partial charge in [-0.1, -0.05) is 117 Å². The van der Waals surface area contributed by atoms with Crippen LogP contribution in [0.15, 0.2) is 156 Å². The van der Waals surface area contributed by atoms with Crippen molar-refractivity contribution in [2.45, 2.75) is 19.3 Å². The minimum atomic E-state index is -0.174. The summed E-state index contributed by atoms with van der Waals surface area (Å²) in [5.41, 5.74) is 18.5. The van der Waals surface area contributed by atoms with Gasteiger partial charge in [0.05, 0.1) is 11.0 Å². The number of hydrogen-bond donors (Lipinski definition) is 0. The molecule has 0 fully saturated rings. The van der Waals surface area contributed by atoms with E-state index in [0.29, 0.717) is 0 Å². The molecular formula is C49H31NO. The van der Waals surface area contributed by atoms with E-state index in [-0.39, 0.29) is 5.41 Å². The molecule has 2 nitrogen and oxygen atoms in total. The van der Waals surface area contributed by atoms with Crippen LogP contribution in [0.2, 0.25) is 0 Å². The third-order valence-electron chi connectivity index (χ3n) is 12.0. The van der Waals surface area contributed by atoms with Crippen molar-refractivity contribution in [2.75, 3.05) is 0 Å². The highest BCUT2D eigenvalue weighted by molar-refractivity contribution is 6.19. The van der Waals surface area contributed by atoms with E-state index in [4.69, 9.17) is 4.42 Å². The molecule has 0 aliphatic heterocycles. The maximum atomic E-state index is 6.36. The molecular weight excluding hydrogens is 619 g/mol. The Morgan fingerprint density at radius 2 is 1.04 bits per heavy atom. The number of aromatic nitrogens is 1. The largest absolute Gasteiger partial charge is 0.456 e. The highest BCUT2D eigenvalue weighted by Crippen LogP contribution is 2.53. The van der Waals surface area contributed by atoms with Crippen molar-refractivity contribution in [3.05, 3.63) is 163 Å². The number of nitrogens with zero attached hydrogens (tertiary/aromatic N) is 1. The zero-order chi connectivity index (χ0) is 33.6. The minimum Gasteiger partial charge on any atom is -0.456 e. The van der Waals surface area contributed by atoms with Crippen molar-refractivity contribution in [1.29, 1.82) is 0 Å². The lowest BCUT2D eigenvalue weighted by Crippen LogP contribution is -2.15. The number of fused-ring (bicyclic) bond motifs is 12.